The number of allylic oxidation sites excluding steroid dienone is 3. The van der Waals surface area contributed by atoms with Gasteiger partial charge in [0, 0.05) is 6.42 Å². The maximum absolute atomic E-state index is 12.3. The molecule has 0 saturated heterocycles. The summed E-state index contributed by atoms with van der Waals surface area (Å²) in [6.07, 6.45) is 68.2. The lowest BCUT2D eigenvalue weighted by Gasteiger charge is -2.19. The van der Waals surface area contributed by atoms with Crippen LogP contribution in [0.3, 0.4) is 0 Å². The molecule has 0 fully saturated rings. The number of hydrogen-bond donors (Lipinski definition) is 3. The Bertz CT molecular complexity index is 855. The van der Waals surface area contributed by atoms with Gasteiger partial charge in [-0.2, -0.15) is 0 Å². The molecular weight excluding hydrogens is 723 g/mol. The van der Waals surface area contributed by atoms with Crippen LogP contribution in [0.2, 0.25) is 0 Å². The van der Waals surface area contributed by atoms with Crippen molar-refractivity contribution in [1.29, 1.82) is 0 Å². The van der Waals surface area contributed by atoms with Crippen LogP contribution < -0.4 is 5.32 Å². The zero-order valence-electron chi connectivity index (χ0n) is 40.3. The van der Waals surface area contributed by atoms with E-state index in [0.29, 0.717) is 6.42 Å². The highest BCUT2D eigenvalue weighted by Crippen LogP contribution is 2.18. The molecule has 0 heterocycles. The SMILES string of the molecule is CCC/C=C/CC/C=C/C(O)C(CO)NC(=O)CCCCCCCCCCCCCCCCCCCCCCCCCCCCCCCCCCCCCCCCCC. The van der Waals surface area contributed by atoms with Gasteiger partial charge in [0.2, 0.25) is 5.91 Å². The summed E-state index contributed by atoms with van der Waals surface area (Å²) in [4.78, 5) is 12.3. The highest BCUT2D eigenvalue weighted by atomic mass is 16.3. The van der Waals surface area contributed by atoms with Gasteiger partial charge in [-0.25, -0.2) is 0 Å². The van der Waals surface area contributed by atoms with Crippen molar-refractivity contribution in [1.82, 2.24) is 5.32 Å². The molecule has 59 heavy (non-hydrogen) atoms. The molecule has 2 atom stereocenters. The monoisotopic (exact) mass is 830 g/mol. The fourth-order valence-corrected chi connectivity index (χ4v) is 8.56. The van der Waals surface area contributed by atoms with Gasteiger partial charge < -0.3 is 15.5 Å². The second-order valence-corrected chi connectivity index (χ2v) is 18.7. The topological polar surface area (TPSA) is 69.6 Å². The van der Waals surface area contributed by atoms with E-state index in [0.717, 1.165) is 38.5 Å². The average molecular weight is 830 g/mol. The number of aliphatic hydroxyl groups is 2. The molecule has 4 nitrogen and oxygen atoms in total. The molecule has 0 bridgehead atoms. The van der Waals surface area contributed by atoms with Gasteiger partial charge in [0.05, 0.1) is 18.8 Å². The Morgan fingerprint density at radius 1 is 0.390 bits per heavy atom. The van der Waals surface area contributed by atoms with Crippen LogP contribution in [-0.4, -0.2) is 34.9 Å². The Labute approximate surface area is 370 Å². The van der Waals surface area contributed by atoms with Crippen molar-refractivity contribution in [2.45, 2.75) is 315 Å². The molecule has 0 rings (SSSR count). The Kier molecular flexibility index (Phi) is 50.2. The van der Waals surface area contributed by atoms with Crippen LogP contribution in [0, 0.1) is 0 Å². The molecule has 0 aromatic carbocycles. The minimum Gasteiger partial charge on any atom is -0.394 e. The quantitative estimate of drug-likeness (QED) is 0.0422. The van der Waals surface area contributed by atoms with Crippen LogP contribution in [0.15, 0.2) is 24.3 Å². The zero-order chi connectivity index (χ0) is 42.8. The van der Waals surface area contributed by atoms with Crippen LogP contribution in [0.25, 0.3) is 0 Å². The van der Waals surface area contributed by atoms with E-state index in [1.165, 1.54) is 244 Å². The number of nitrogens with one attached hydrogen (secondary N) is 1. The zero-order valence-corrected chi connectivity index (χ0v) is 40.3. The highest BCUT2D eigenvalue weighted by Gasteiger charge is 2.18. The lowest BCUT2D eigenvalue weighted by molar-refractivity contribution is -0.123. The van der Waals surface area contributed by atoms with Gasteiger partial charge in [-0.3, -0.25) is 4.79 Å². The third-order valence-electron chi connectivity index (χ3n) is 12.7. The molecule has 0 aliphatic carbocycles. The molecule has 0 aliphatic heterocycles. The number of carbonyl (C=O) groups is 1. The molecule has 3 N–H and O–H groups in total. The van der Waals surface area contributed by atoms with Crippen molar-refractivity contribution in [3.8, 4) is 0 Å². The van der Waals surface area contributed by atoms with Gasteiger partial charge in [-0.05, 0) is 25.7 Å². The summed E-state index contributed by atoms with van der Waals surface area (Å²) in [5.74, 6) is -0.0735. The van der Waals surface area contributed by atoms with E-state index in [1.54, 1.807) is 6.08 Å². The van der Waals surface area contributed by atoms with Crippen molar-refractivity contribution in [3.05, 3.63) is 24.3 Å². The number of rotatable bonds is 50. The molecule has 0 saturated carbocycles. The largest absolute Gasteiger partial charge is 0.394 e. The molecule has 2 unspecified atom stereocenters. The normalized spacial score (nSPS) is 12.9. The first-order chi connectivity index (χ1) is 29.2. The molecule has 0 radical (unpaired) electrons. The van der Waals surface area contributed by atoms with E-state index < -0.39 is 12.1 Å². The third kappa shape index (κ3) is 47.8. The molecule has 4 heteroatoms. The number of unbranched alkanes of at least 4 members (excludes halogenated alkanes) is 41. The first kappa shape index (κ1) is 57.9. The van der Waals surface area contributed by atoms with Crippen molar-refractivity contribution < 1.29 is 15.0 Å². The third-order valence-corrected chi connectivity index (χ3v) is 12.7. The minimum absolute atomic E-state index is 0.0735. The molecule has 1 amide bonds. The standard InChI is InChI=1S/C55H107NO3/c1-3-5-7-9-11-12-13-14-15-16-17-18-19-20-21-22-23-24-25-26-27-28-29-30-31-32-33-34-35-36-37-38-39-40-41-42-43-45-47-49-51-55(59)56-53(52-57)54(58)50-48-46-44-10-8-6-4-2/h8,10,48,50,53-54,57-58H,3-7,9,11-47,49,51-52H2,1-2H3,(H,56,59)/b10-8+,50-48+. The molecular formula is C55H107NO3. The minimum atomic E-state index is -0.855. The van der Waals surface area contributed by atoms with Crippen LogP contribution in [0.1, 0.15) is 303 Å². The summed E-state index contributed by atoms with van der Waals surface area (Å²) in [5, 5.41) is 22.8. The number of hydrogen-bond acceptors (Lipinski definition) is 3. The van der Waals surface area contributed by atoms with E-state index in [9.17, 15) is 15.0 Å². The van der Waals surface area contributed by atoms with Crippen molar-refractivity contribution in [2.24, 2.45) is 0 Å². The summed E-state index contributed by atoms with van der Waals surface area (Å²) in [6.45, 7) is 4.21. The van der Waals surface area contributed by atoms with Gasteiger partial charge in [-0.15, -0.1) is 0 Å². The Morgan fingerprint density at radius 3 is 0.949 bits per heavy atom. The van der Waals surface area contributed by atoms with Gasteiger partial charge in [0.15, 0.2) is 0 Å². The van der Waals surface area contributed by atoms with Gasteiger partial charge in [0.25, 0.3) is 0 Å². The number of aliphatic hydroxyl groups excluding tert-OH is 2. The second kappa shape index (κ2) is 51.2. The van der Waals surface area contributed by atoms with E-state index >= 15 is 0 Å². The maximum Gasteiger partial charge on any atom is 0.220 e. The summed E-state index contributed by atoms with van der Waals surface area (Å²) in [6, 6.07) is -0.632. The average Bonchev–Trinajstić information content (AvgIpc) is 3.24. The Morgan fingerprint density at radius 2 is 0.661 bits per heavy atom. The number of carbonyl (C=O) groups excluding carboxylic acids is 1. The van der Waals surface area contributed by atoms with Crippen LogP contribution >= 0.6 is 0 Å². The lowest BCUT2D eigenvalue weighted by Crippen LogP contribution is -2.45. The lowest BCUT2D eigenvalue weighted by atomic mass is 10.0. The Balaban J connectivity index is 3.27. The first-order valence-electron chi connectivity index (χ1n) is 27.1. The van der Waals surface area contributed by atoms with Crippen LogP contribution in [-0.2, 0) is 4.79 Å². The predicted octanol–water partition coefficient (Wildman–Crippen LogP) is 17.5. The summed E-state index contributed by atoms with van der Waals surface area (Å²) in [7, 11) is 0. The summed E-state index contributed by atoms with van der Waals surface area (Å²) in [5.41, 5.74) is 0. The second-order valence-electron chi connectivity index (χ2n) is 18.7. The maximum atomic E-state index is 12.3. The smallest absolute Gasteiger partial charge is 0.220 e. The highest BCUT2D eigenvalue weighted by molar-refractivity contribution is 5.76. The van der Waals surface area contributed by atoms with E-state index in [1.807, 2.05) is 6.08 Å². The fraction of sp³-hybridized carbons (Fsp3) is 0.909. The van der Waals surface area contributed by atoms with Crippen molar-refractivity contribution in [3.63, 3.8) is 0 Å². The molecule has 0 aromatic rings. The van der Waals surface area contributed by atoms with E-state index in [2.05, 4.69) is 31.3 Å². The summed E-state index contributed by atoms with van der Waals surface area (Å²) < 4.78 is 0. The first-order valence-corrected chi connectivity index (χ1v) is 27.1. The van der Waals surface area contributed by atoms with Gasteiger partial charge in [-0.1, -0.05) is 295 Å². The fourth-order valence-electron chi connectivity index (χ4n) is 8.56. The Hall–Kier alpha value is -1.13. The van der Waals surface area contributed by atoms with E-state index in [4.69, 9.17) is 0 Å². The van der Waals surface area contributed by atoms with Crippen LogP contribution in [0.4, 0.5) is 0 Å². The molecule has 350 valence electrons. The summed E-state index contributed by atoms with van der Waals surface area (Å²) >= 11 is 0. The predicted molar refractivity (Wildman–Crippen MR) is 262 cm³/mol. The molecule has 0 aliphatic rings. The molecule has 0 spiro atoms. The van der Waals surface area contributed by atoms with E-state index in [-0.39, 0.29) is 12.5 Å². The van der Waals surface area contributed by atoms with Gasteiger partial charge in [0.1, 0.15) is 0 Å². The number of amides is 1. The molecule has 0 aromatic heterocycles. The van der Waals surface area contributed by atoms with Gasteiger partial charge >= 0.3 is 0 Å². The van der Waals surface area contributed by atoms with Crippen molar-refractivity contribution >= 4 is 5.91 Å². The van der Waals surface area contributed by atoms with Crippen molar-refractivity contribution in [2.75, 3.05) is 6.61 Å². The van der Waals surface area contributed by atoms with Crippen LogP contribution in [0.5, 0.6) is 0 Å².